The van der Waals surface area contributed by atoms with Crippen LogP contribution in [0.2, 0.25) is 0 Å². The van der Waals surface area contributed by atoms with Crippen molar-refractivity contribution in [3.8, 4) is 0 Å². The normalized spacial score (nSPS) is 18.1. The number of carbonyl (C=O) groups is 1. The van der Waals surface area contributed by atoms with E-state index in [1.54, 1.807) is 0 Å². The third kappa shape index (κ3) is 4.05. The number of likely N-dealkylation sites (tertiary alicyclic amines) is 1. The Bertz CT molecular complexity index is 834. The Balaban J connectivity index is 1.81. The molecule has 1 aromatic heterocycles. The first kappa shape index (κ1) is 17.6. The fraction of sp³-hybridized carbons (Fsp3) is 0.333. The van der Waals surface area contributed by atoms with Crippen LogP contribution >= 0.6 is 12.2 Å². The number of nitrogens with zero attached hydrogens (tertiary/aromatic N) is 1. The minimum atomic E-state index is -0.727. The van der Waals surface area contributed by atoms with E-state index in [0.717, 1.165) is 24.8 Å². The minimum absolute atomic E-state index is 0.0316. The number of halogens is 1. The molecule has 7 heteroatoms. The number of aromatic nitrogens is 1. The number of aromatic amines is 1. The van der Waals surface area contributed by atoms with Gasteiger partial charge in [-0.25, -0.2) is 4.39 Å². The van der Waals surface area contributed by atoms with Crippen LogP contribution in [-0.2, 0) is 0 Å². The van der Waals surface area contributed by atoms with E-state index in [2.05, 4.69) is 34.4 Å². The number of pyridine rings is 1. The fourth-order valence-electron chi connectivity index (χ4n) is 3.22. The van der Waals surface area contributed by atoms with Gasteiger partial charge in [0, 0.05) is 12.2 Å². The maximum Gasteiger partial charge on any atom is 0.252 e. The van der Waals surface area contributed by atoms with E-state index in [0.29, 0.717) is 11.7 Å². The molecule has 1 aromatic carbocycles. The highest BCUT2D eigenvalue weighted by Crippen LogP contribution is 2.28. The molecule has 132 valence electrons. The standard InChI is InChI=1S/C18H21FN4OS/c1-23-8-2-3-12(10-23)11-4-6-13(7-5-11)21-17-14(16(20)24)9-15(19)18(25)22-17/h4-7,9,12H,2-3,8,10H2,1H3,(H2,20,24)(H2,21,22,25). The summed E-state index contributed by atoms with van der Waals surface area (Å²) in [7, 11) is 2.14. The molecule has 5 nitrogen and oxygen atoms in total. The Morgan fingerprint density at radius 2 is 2.12 bits per heavy atom. The summed E-state index contributed by atoms with van der Waals surface area (Å²) >= 11 is 4.89. The first-order chi connectivity index (χ1) is 11.9. The predicted octanol–water partition coefficient (Wildman–Crippen LogP) is 3.53. The van der Waals surface area contributed by atoms with Crippen LogP contribution in [0.5, 0.6) is 0 Å². The molecule has 2 aromatic rings. The van der Waals surface area contributed by atoms with Crippen molar-refractivity contribution in [2.75, 3.05) is 25.5 Å². The lowest BCUT2D eigenvalue weighted by molar-refractivity contribution is 0.100. The average molecular weight is 360 g/mol. The third-order valence-corrected chi connectivity index (χ3v) is 4.83. The van der Waals surface area contributed by atoms with Crippen molar-refractivity contribution in [2.45, 2.75) is 18.8 Å². The van der Waals surface area contributed by atoms with Gasteiger partial charge in [0.25, 0.3) is 5.91 Å². The number of likely N-dealkylation sites (N-methyl/N-ethyl adjacent to an activating group) is 1. The van der Waals surface area contributed by atoms with E-state index < -0.39 is 11.7 Å². The van der Waals surface area contributed by atoms with Gasteiger partial charge in [-0.3, -0.25) is 4.79 Å². The number of hydrogen-bond acceptors (Lipinski definition) is 4. The van der Waals surface area contributed by atoms with E-state index in [4.69, 9.17) is 18.0 Å². The van der Waals surface area contributed by atoms with Gasteiger partial charge in [-0.15, -0.1) is 0 Å². The number of hydrogen-bond donors (Lipinski definition) is 3. The van der Waals surface area contributed by atoms with Crippen molar-refractivity contribution in [1.29, 1.82) is 0 Å². The second kappa shape index (κ2) is 7.33. The summed E-state index contributed by atoms with van der Waals surface area (Å²) in [6.07, 6.45) is 2.39. The number of benzene rings is 1. The number of carbonyl (C=O) groups excluding carboxylic acids is 1. The molecule has 0 bridgehead atoms. The maximum absolute atomic E-state index is 13.6. The van der Waals surface area contributed by atoms with Crippen LogP contribution in [0.15, 0.2) is 30.3 Å². The zero-order valence-corrected chi connectivity index (χ0v) is 14.8. The van der Waals surface area contributed by atoms with Crippen molar-refractivity contribution < 1.29 is 9.18 Å². The molecule has 25 heavy (non-hydrogen) atoms. The van der Waals surface area contributed by atoms with Crippen molar-refractivity contribution in [3.05, 3.63) is 51.9 Å². The number of rotatable bonds is 4. The number of piperidine rings is 1. The Kier molecular flexibility index (Phi) is 5.15. The van der Waals surface area contributed by atoms with Gasteiger partial charge in [-0.05, 0) is 56.1 Å². The molecule has 0 aliphatic carbocycles. The number of nitrogens with two attached hydrogens (primary N) is 1. The summed E-state index contributed by atoms with van der Waals surface area (Å²) in [6, 6.07) is 9.09. The lowest BCUT2D eigenvalue weighted by atomic mass is 9.91. The number of H-pyrrole nitrogens is 1. The lowest BCUT2D eigenvalue weighted by Crippen LogP contribution is -2.30. The van der Waals surface area contributed by atoms with Gasteiger partial charge in [0.1, 0.15) is 10.5 Å². The molecular weight excluding hydrogens is 339 g/mol. The number of primary amides is 1. The predicted molar refractivity (Wildman–Crippen MR) is 99.3 cm³/mol. The summed E-state index contributed by atoms with van der Waals surface area (Å²) in [6.45, 7) is 2.21. The van der Waals surface area contributed by atoms with E-state index in [1.807, 2.05) is 12.1 Å². The van der Waals surface area contributed by atoms with Crippen molar-refractivity contribution in [2.24, 2.45) is 5.73 Å². The van der Waals surface area contributed by atoms with Crippen LogP contribution in [0, 0.1) is 10.5 Å². The van der Waals surface area contributed by atoms with Crippen molar-refractivity contribution in [1.82, 2.24) is 9.88 Å². The van der Waals surface area contributed by atoms with Crippen LogP contribution < -0.4 is 11.1 Å². The van der Waals surface area contributed by atoms with Gasteiger partial charge >= 0.3 is 0 Å². The Morgan fingerprint density at radius 3 is 2.76 bits per heavy atom. The third-order valence-electron chi connectivity index (χ3n) is 4.54. The zero-order valence-electron chi connectivity index (χ0n) is 14.0. The van der Waals surface area contributed by atoms with Crippen molar-refractivity contribution in [3.63, 3.8) is 0 Å². The smallest absolute Gasteiger partial charge is 0.252 e. The highest BCUT2D eigenvalue weighted by atomic mass is 32.1. The van der Waals surface area contributed by atoms with Crippen LogP contribution in [-0.4, -0.2) is 35.9 Å². The molecule has 3 rings (SSSR count). The Labute approximate surface area is 151 Å². The summed E-state index contributed by atoms with van der Waals surface area (Å²) in [5.41, 5.74) is 7.41. The molecule has 0 saturated carbocycles. The molecule has 2 heterocycles. The Hall–Kier alpha value is -2.25. The second-order valence-corrected chi connectivity index (χ2v) is 6.86. The highest BCUT2D eigenvalue weighted by molar-refractivity contribution is 7.71. The zero-order chi connectivity index (χ0) is 18.0. The molecule has 1 amide bonds. The lowest BCUT2D eigenvalue weighted by Gasteiger charge is -2.30. The average Bonchev–Trinajstić information content (AvgIpc) is 2.58. The van der Waals surface area contributed by atoms with E-state index in [-0.39, 0.29) is 10.2 Å². The Morgan fingerprint density at radius 1 is 1.40 bits per heavy atom. The van der Waals surface area contributed by atoms with E-state index in [1.165, 1.54) is 18.4 Å². The summed E-state index contributed by atoms with van der Waals surface area (Å²) in [5, 5.41) is 3.06. The molecular formula is C18H21FN4OS. The molecule has 0 radical (unpaired) electrons. The molecule has 0 spiro atoms. The number of amides is 1. The van der Waals surface area contributed by atoms with E-state index >= 15 is 0 Å². The molecule has 1 aliphatic heterocycles. The van der Waals surface area contributed by atoms with Crippen LogP contribution in [0.1, 0.15) is 34.7 Å². The largest absolute Gasteiger partial charge is 0.365 e. The quantitative estimate of drug-likeness (QED) is 0.729. The fourth-order valence-corrected chi connectivity index (χ4v) is 3.38. The van der Waals surface area contributed by atoms with Crippen LogP contribution in [0.3, 0.4) is 0 Å². The SMILES string of the molecule is CN1CCCC(c2ccc(Nc3[nH]c(=S)c(F)cc3C(N)=O)cc2)C1. The number of nitrogens with one attached hydrogen (secondary N) is 2. The topological polar surface area (TPSA) is 74.2 Å². The summed E-state index contributed by atoms with van der Waals surface area (Å²) in [4.78, 5) is 16.5. The van der Waals surface area contributed by atoms with Gasteiger partial charge in [0.15, 0.2) is 5.82 Å². The molecule has 1 atom stereocenters. The first-order valence-electron chi connectivity index (χ1n) is 8.22. The minimum Gasteiger partial charge on any atom is -0.365 e. The summed E-state index contributed by atoms with van der Waals surface area (Å²) < 4.78 is 13.5. The maximum atomic E-state index is 13.6. The molecule has 1 aliphatic rings. The molecule has 1 unspecified atom stereocenters. The molecule has 1 saturated heterocycles. The highest BCUT2D eigenvalue weighted by Gasteiger charge is 2.19. The van der Waals surface area contributed by atoms with Gasteiger partial charge in [-0.1, -0.05) is 24.4 Å². The van der Waals surface area contributed by atoms with Crippen LogP contribution in [0.4, 0.5) is 15.9 Å². The van der Waals surface area contributed by atoms with Crippen LogP contribution in [0.25, 0.3) is 0 Å². The summed E-state index contributed by atoms with van der Waals surface area (Å²) in [5.74, 6) is -0.574. The van der Waals surface area contributed by atoms with Gasteiger partial charge in [-0.2, -0.15) is 0 Å². The molecule has 1 fully saturated rings. The van der Waals surface area contributed by atoms with Gasteiger partial charge in [0.2, 0.25) is 0 Å². The monoisotopic (exact) mass is 360 g/mol. The number of anilines is 2. The van der Waals surface area contributed by atoms with Gasteiger partial charge < -0.3 is 20.9 Å². The molecule has 4 N–H and O–H groups in total. The first-order valence-corrected chi connectivity index (χ1v) is 8.63. The van der Waals surface area contributed by atoms with E-state index in [9.17, 15) is 9.18 Å². The van der Waals surface area contributed by atoms with Crippen molar-refractivity contribution >= 4 is 29.6 Å². The van der Waals surface area contributed by atoms with Gasteiger partial charge in [0.05, 0.1) is 5.56 Å². The second-order valence-electron chi connectivity index (χ2n) is 6.45.